The van der Waals surface area contributed by atoms with Crippen molar-refractivity contribution in [2.24, 2.45) is 16.5 Å². The Bertz CT molecular complexity index is 804. The second kappa shape index (κ2) is 5.65. The van der Waals surface area contributed by atoms with Gasteiger partial charge in [-0.05, 0) is 36.4 Å². The molecule has 0 saturated heterocycles. The summed E-state index contributed by atoms with van der Waals surface area (Å²) in [4.78, 5) is 8.30. The minimum absolute atomic E-state index is 0.116. The summed E-state index contributed by atoms with van der Waals surface area (Å²) in [5, 5.41) is 4.40. The van der Waals surface area contributed by atoms with Crippen LogP contribution in [0.4, 0.5) is 10.3 Å². The Hall–Kier alpha value is -3.22. The van der Waals surface area contributed by atoms with Crippen LogP contribution in [0, 0.1) is 5.82 Å². The summed E-state index contributed by atoms with van der Waals surface area (Å²) in [7, 11) is 0. The van der Waals surface area contributed by atoms with Gasteiger partial charge in [0.25, 0.3) is 5.95 Å². The highest BCUT2D eigenvalue weighted by atomic mass is 19.1. The third-order valence-corrected chi connectivity index (χ3v) is 2.92. The van der Waals surface area contributed by atoms with E-state index in [1.54, 1.807) is 12.1 Å². The zero-order valence-electron chi connectivity index (χ0n) is 11.5. The molecule has 0 fully saturated rings. The first kappa shape index (κ1) is 13.7. The Kier molecular flexibility index (Phi) is 3.53. The van der Waals surface area contributed by atoms with Gasteiger partial charge in [0.2, 0.25) is 0 Å². The van der Waals surface area contributed by atoms with Crippen LogP contribution in [0.3, 0.4) is 0 Å². The molecule has 0 radical (unpaired) electrons. The largest absolute Gasteiger partial charge is 0.370 e. The van der Waals surface area contributed by atoms with Crippen molar-refractivity contribution in [3.05, 3.63) is 60.4 Å². The van der Waals surface area contributed by atoms with Crippen LogP contribution in [-0.4, -0.2) is 20.7 Å². The predicted octanol–water partition coefficient (Wildman–Crippen LogP) is 1.98. The number of hydrogen-bond donors (Lipinski definition) is 2. The highest BCUT2D eigenvalue weighted by molar-refractivity contribution is 5.78. The molecule has 7 heteroatoms. The number of benzene rings is 2. The third kappa shape index (κ3) is 2.78. The van der Waals surface area contributed by atoms with E-state index in [-0.39, 0.29) is 17.7 Å². The number of aliphatic imine (C=N–C) groups is 1. The van der Waals surface area contributed by atoms with Crippen molar-refractivity contribution in [1.29, 1.82) is 0 Å². The average molecular weight is 296 g/mol. The van der Waals surface area contributed by atoms with Gasteiger partial charge in [-0.2, -0.15) is 14.7 Å². The third-order valence-electron chi connectivity index (χ3n) is 2.92. The van der Waals surface area contributed by atoms with E-state index in [9.17, 15) is 4.39 Å². The molecule has 0 aliphatic heterocycles. The number of aromatic nitrogens is 3. The number of para-hydroxylation sites is 1. The molecular formula is C15H13FN6. The van der Waals surface area contributed by atoms with E-state index in [1.807, 2.05) is 30.3 Å². The molecule has 0 amide bonds. The zero-order valence-corrected chi connectivity index (χ0v) is 11.5. The molecule has 110 valence electrons. The molecular weight excluding hydrogens is 283 g/mol. The van der Waals surface area contributed by atoms with Crippen LogP contribution in [0.25, 0.3) is 17.1 Å². The van der Waals surface area contributed by atoms with Crippen LogP contribution < -0.4 is 11.5 Å². The maximum Gasteiger partial charge on any atom is 0.256 e. The number of hydrogen-bond acceptors (Lipinski definition) is 3. The Labute approximate surface area is 125 Å². The van der Waals surface area contributed by atoms with Crippen molar-refractivity contribution in [2.75, 3.05) is 0 Å². The monoisotopic (exact) mass is 296 g/mol. The van der Waals surface area contributed by atoms with Gasteiger partial charge in [-0.25, -0.2) is 4.39 Å². The van der Waals surface area contributed by atoms with E-state index in [0.29, 0.717) is 11.4 Å². The number of nitrogens with two attached hydrogens (primary N) is 2. The lowest BCUT2D eigenvalue weighted by Crippen LogP contribution is -2.22. The van der Waals surface area contributed by atoms with Crippen molar-refractivity contribution < 1.29 is 4.39 Å². The number of guanidine groups is 1. The first-order valence-electron chi connectivity index (χ1n) is 6.51. The second-order valence-electron chi connectivity index (χ2n) is 4.53. The molecule has 1 aromatic heterocycles. The van der Waals surface area contributed by atoms with Crippen molar-refractivity contribution in [1.82, 2.24) is 14.8 Å². The highest BCUT2D eigenvalue weighted by Gasteiger charge is 2.13. The number of nitrogens with zero attached hydrogens (tertiary/aromatic N) is 4. The molecule has 3 rings (SSSR count). The minimum atomic E-state index is -0.323. The van der Waals surface area contributed by atoms with Gasteiger partial charge in [-0.3, -0.25) is 0 Å². The minimum Gasteiger partial charge on any atom is -0.370 e. The van der Waals surface area contributed by atoms with Gasteiger partial charge in [0.1, 0.15) is 5.82 Å². The highest BCUT2D eigenvalue weighted by Crippen LogP contribution is 2.22. The molecule has 0 spiro atoms. The van der Waals surface area contributed by atoms with Crippen molar-refractivity contribution in [3.63, 3.8) is 0 Å². The van der Waals surface area contributed by atoms with E-state index >= 15 is 0 Å². The molecule has 1 heterocycles. The van der Waals surface area contributed by atoms with Gasteiger partial charge in [-0.1, -0.05) is 18.2 Å². The molecule has 4 N–H and O–H groups in total. The van der Waals surface area contributed by atoms with Gasteiger partial charge < -0.3 is 11.5 Å². The lowest BCUT2D eigenvalue weighted by Gasteiger charge is -2.01. The summed E-state index contributed by atoms with van der Waals surface area (Å²) in [6.07, 6.45) is 0. The molecule has 2 aromatic carbocycles. The van der Waals surface area contributed by atoms with Gasteiger partial charge in [0, 0.05) is 5.56 Å². The molecule has 0 atom stereocenters. The van der Waals surface area contributed by atoms with Crippen LogP contribution in [0.15, 0.2) is 59.6 Å². The van der Waals surface area contributed by atoms with E-state index in [1.165, 1.54) is 16.8 Å². The fraction of sp³-hybridized carbons (Fsp3) is 0. The smallest absolute Gasteiger partial charge is 0.256 e. The topological polar surface area (TPSA) is 95.1 Å². The SMILES string of the molecule is NC(N)=Nc1nc(-c2ccc(F)cc2)nn1-c1ccccc1. The average Bonchev–Trinajstić information content (AvgIpc) is 2.92. The first-order chi connectivity index (χ1) is 10.6. The predicted molar refractivity (Wildman–Crippen MR) is 82.2 cm³/mol. The maximum atomic E-state index is 13.0. The first-order valence-corrected chi connectivity index (χ1v) is 6.51. The fourth-order valence-corrected chi connectivity index (χ4v) is 1.96. The summed E-state index contributed by atoms with van der Waals surface area (Å²) in [6.45, 7) is 0. The van der Waals surface area contributed by atoms with E-state index < -0.39 is 0 Å². The molecule has 0 aliphatic rings. The summed E-state index contributed by atoms with van der Waals surface area (Å²) in [6, 6.07) is 15.2. The molecule has 22 heavy (non-hydrogen) atoms. The van der Waals surface area contributed by atoms with Crippen LogP contribution >= 0.6 is 0 Å². The van der Waals surface area contributed by atoms with E-state index in [2.05, 4.69) is 15.1 Å². The lowest BCUT2D eigenvalue weighted by molar-refractivity contribution is 0.628. The van der Waals surface area contributed by atoms with Gasteiger partial charge >= 0.3 is 0 Å². The zero-order chi connectivity index (χ0) is 15.5. The summed E-state index contributed by atoms with van der Waals surface area (Å²) < 4.78 is 14.5. The molecule has 0 bridgehead atoms. The van der Waals surface area contributed by atoms with Gasteiger partial charge in [0.15, 0.2) is 11.8 Å². The van der Waals surface area contributed by atoms with Crippen LogP contribution in [-0.2, 0) is 0 Å². The number of halogens is 1. The Morgan fingerprint density at radius 3 is 2.32 bits per heavy atom. The van der Waals surface area contributed by atoms with Crippen LogP contribution in [0.1, 0.15) is 0 Å². The standard InChI is InChI=1S/C15H13FN6/c16-11-8-6-10(7-9-11)13-19-15(20-14(17)18)22(21-13)12-4-2-1-3-5-12/h1-9H,(H4,17,18,19,20,21). The normalized spacial score (nSPS) is 10.4. The van der Waals surface area contributed by atoms with Gasteiger partial charge in [0.05, 0.1) is 5.69 Å². The second-order valence-corrected chi connectivity index (χ2v) is 4.53. The Morgan fingerprint density at radius 1 is 1.00 bits per heavy atom. The summed E-state index contributed by atoms with van der Waals surface area (Å²) in [5.74, 6) is 0.223. The molecule has 0 saturated carbocycles. The summed E-state index contributed by atoms with van der Waals surface area (Å²) >= 11 is 0. The molecule has 3 aromatic rings. The Morgan fingerprint density at radius 2 is 1.68 bits per heavy atom. The van der Waals surface area contributed by atoms with Crippen molar-refractivity contribution >= 4 is 11.9 Å². The van der Waals surface area contributed by atoms with Crippen molar-refractivity contribution in [2.45, 2.75) is 0 Å². The molecule has 0 unspecified atom stereocenters. The summed E-state index contributed by atoms with van der Waals surface area (Å²) in [5.41, 5.74) is 12.3. The van der Waals surface area contributed by atoms with Crippen LogP contribution in [0.5, 0.6) is 0 Å². The van der Waals surface area contributed by atoms with Crippen LogP contribution in [0.2, 0.25) is 0 Å². The van der Waals surface area contributed by atoms with Gasteiger partial charge in [-0.15, -0.1) is 5.10 Å². The maximum absolute atomic E-state index is 13.0. The number of rotatable bonds is 3. The van der Waals surface area contributed by atoms with E-state index in [4.69, 9.17) is 11.5 Å². The Balaban J connectivity index is 2.13. The van der Waals surface area contributed by atoms with Crippen molar-refractivity contribution in [3.8, 4) is 17.1 Å². The lowest BCUT2D eigenvalue weighted by atomic mass is 10.2. The molecule has 6 nitrogen and oxygen atoms in total. The quantitative estimate of drug-likeness (QED) is 0.570. The van der Waals surface area contributed by atoms with E-state index in [0.717, 1.165) is 5.69 Å². The molecule has 0 aliphatic carbocycles. The fourth-order valence-electron chi connectivity index (χ4n) is 1.96.